The molecular formula is C18H24N4O4S. The Kier molecular flexibility index (Phi) is 5.83. The molecule has 27 heavy (non-hydrogen) atoms. The Balaban J connectivity index is 2.10. The van der Waals surface area contributed by atoms with E-state index in [1.807, 2.05) is 37.1 Å². The van der Waals surface area contributed by atoms with Crippen molar-refractivity contribution in [2.24, 2.45) is 0 Å². The molecule has 0 aliphatic heterocycles. The molecule has 0 aliphatic carbocycles. The molecule has 9 heteroatoms. The van der Waals surface area contributed by atoms with Crippen LogP contribution in [-0.4, -0.2) is 63.6 Å². The molecule has 0 saturated carbocycles. The molecule has 8 nitrogen and oxygen atoms in total. The van der Waals surface area contributed by atoms with Crippen LogP contribution in [0.25, 0.3) is 4.96 Å². The molecule has 3 rings (SSSR count). The van der Waals surface area contributed by atoms with Gasteiger partial charge in [0.2, 0.25) is 10.8 Å². The molecule has 2 heterocycles. The first-order chi connectivity index (χ1) is 13.0. The second-order valence-corrected chi connectivity index (χ2v) is 7.10. The first-order valence-corrected chi connectivity index (χ1v) is 9.48. The van der Waals surface area contributed by atoms with E-state index in [9.17, 15) is 10.2 Å². The Labute approximate surface area is 161 Å². The lowest BCUT2D eigenvalue weighted by atomic mass is 10.0. The van der Waals surface area contributed by atoms with Gasteiger partial charge >= 0.3 is 0 Å². The van der Waals surface area contributed by atoms with Crippen LogP contribution in [0, 0.1) is 6.92 Å². The van der Waals surface area contributed by atoms with E-state index in [0.717, 1.165) is 5.56 Å². The summed E-state index contributed by atoms with van der Waals surface area (Å²) in [5.74, 6) is 1.94. The molecule has 0 fully saturated rings. The number of aliphatic hydroxyl groups excluding tert-OH is 1. The summed E-state index contributed by atoms with van der Waals surface area (Å²) >= 11 is 1.37. The summed E-state index contributed by atoms with van der Waals surface area (Å²) < 4.78 is 12.5. The normalized spacial score (nSPS) is 12.7. The summed E-state index contributed by atoms with van der Waals surface area (Å²) in [7, 11) is 3.49. The number of nitrogens with zero attached hydrogens (tertiary/aromatic N) is 4. The molecule has 0 amide bonds. The van der Waals surface area contributed by atoms with E-state index in [1.165, 1.54) is 15.9 Å². The Morgan fingerprint density at radius 3 is 2.74 bits per heavy atom. The lowest BCUT2D eigenvalue weighted by molar-refractivity contribution is 0.196. The van der Waals surface area contributed by atoms with E-state index >= 15 is 0 Å². The number of hydrogen-bond donors (Lipinski definition) is 2. The number of hydrogen-bond acceptors (Lipinski definition) is 8. The third-order valence-corrected chi connectivity index (χ3v) is 5.32. The van der Waals surface area contributed by atoms with Gasteiger partial charge in [-0.25, -0.2) is 4.98 Å². The van der Waals surface area contributed by atoms with Crippen molar-refractivity contribution in [3.8, 4) is 17.4 Å². The summed E-state index contributed by atoms with van der Waals surface area (Å²) in [4.78, 5) is 7.64. The third kappa shape index (κ3) is 3.71. The molecular weight excluding hydrogens is 368 g/mol. The minimum atomic E-state index is -0.296. The van der Waals surface area contributed by atoms with Crippen molar-refractivity contribution in [2.45, 2.75) is 19.9 Å². The van der Waals surface area contributed by atoms with Crippen molar-refractivity contribution in [3.63, 3.8) is 0 Å². The minimum absolute atomic E-state index is 0.00178. The standard InChI is InChI=1S/C18H24N4O4S/c1-5-26-13-7-6-12(10-14(13)25-4)15(21(3)8-9-23)16-17(24)22-18(27-16)19-11(2)20-22/h6-7,10,15,23-24H,5,8-9H2,1-4H3. The number of likely N-dealkylation sites (N-methyl/N-ethyl adjacent to an activating group) is 1. The van der Waals surface area contributed by atoms with Gasteiger partial charge in [-0.1, -0.05) is 17.4 Å². The minimum Gasteiger partial charge on any atom is -0.493 e. The molecule has 0 spiro atoms. The van der Waals surface area contributed by atoms with E-state index in [2.05, 4.69) is 10.1 Å². The third-order valence-electron chi connectivity index (χ3n) is 4.25. The van der Waals surface area contributed by atoms with Crippen LogP contribution >= 0.6 is 11.3 Å². The zero-order valence-corrected chi connectivity index (χ0v) is 16.7. The van der Waals surface area contributed by atoms with Gasteiger partial charge in [-0.3, -0.25) is 4.90 Å². The lowest BCUT2D eigenvalue weighted by Crippen LogP contribution is -2.28. The number of aryl methyl sites for hydroxylation is 1. The first-order valence-electron chi connectivity index (χ1n) is 8.67. The van der Waals surface area contributed by atoms with Crippen LogP contribution < -0.4 is 9.47 Å². The van der Waals surface area contributed by atoms with Crippen molar-refractivity contribution < 1.29 is 19.7 Å². The first kappa shape index (κ1) is 19.4. The van der Waals surface area contributed by atoms with Gasteiger partial charge in [0, 0.05) is 6.54 Å². The van der Waals surface area contributed by atoms with E-state index in [4.69, 9.17) is 9.47 Å². The van der Waals surface area contributed by atoms with Crippen LogP contribution in [0.2, 0.25) is 0 Å². The molecule has 146 valence electrons. The zero-order valence-electron chi connectivity index (χ0n) is 15.8. The second kappa shape index (κ2) is 8.12. The molecule has 0 saturated heterocycles. The Bertz CT molecular complexity index is 924. The molecule has 0 bridgehead atoms. The van der Waals surface area contributed by atoms with E-state index in [-0.39, 0.29) is 18.5 Å². The van der Waals surface area contributed by atoms with Crippen LogP contribution in [0.3, 0.4) is 0 Å². The van der Waals surface area contributed by atoms with Gasteiger partial charge in [0.05, 0.1) is 31.2 Å². The summed E-state index contributed by atoms with van der Waals surface area (Å²) in [6.45, 7) is 4.68. The van der Waals surface area contributed by atoms with Crippen molar-refractivity contribution in [2.75, 3.05) is 33.9 Å². The van der Waals surface area contributed by atoms with Gasteiger partial charge in [-0.15, -0.1) is 5.10 Å². The predicted molar refractivity (Wildman–Crippen MR) is 103 cm³/mol. The van der Waals surface area contributed by atoms with Crippen molar-refractivity contribution in [1.82, 2.24) is 19.5 Å². The Morgan fingerprint density at radius 1 is 1.33 bits per heavy atom. The number of fused-ring (bicyclic) bond motifs is 1. The maximum Gasteiger partial charge on any atom is 0.230 e. The monoisotopic (exact) mass is 392 g/mol. The molecule has 0 aliphatic rings. The van der Waals surface area contributed by atoms with Gasteiger partial charge in [-0.2, -0.15) is 4.52 Å². The Hall–Kier alpha value is -2.36. The molecule has 1 aromatic carbocycles. The SMILES string of the molecule is CCOc1ccc(C(c2sc3nc(C)nn3c2O)N(C)CCO)cc1OC. The molecule has 1 unspecified atom stereocenters. The highest BCUT2D eigenvalue weighted by molar-refractivity contribution is 7.17. The van der Waals surface area contributed by atoms with E-state index in [0.29, 0.717) is 40.3 Å². The summed E-state index contributed by atoms with van der Waals surface area (Å²) in [6.07, 6.45) is 0. The average Bonchev–Trinajstić information content (AvgIpc) is 3.14. The summed E-state index contributed by atoms with van der Waals surface area (Å²) in [5.41, 5.74) is 0.905. The van der Waals surface area contributed by atoms with Gasteiger partial charge in [0.25, 0.3) is 0 Å². The fourth-order valence-corrected chi connectivity index (χ4v) is 4.24. The van der Waals surface area contributed by atoms with Crippen molar-refractivity contribution in [3.05, 3.63) is 34.5 Å². The van der Waals surface area contributed by atoms with Crippen LogP contribution in [0.15, 0.2) is 18.2 Å². The highest BCUT2D eigenvalue weighted by atomic mass is 32.1. The van der Waals surface area contributed by atoms with Crippen LogP contribution in [0.1, 0.15) is 29.2 Å². The molecule has 0 radical (unpaired) electrons. The largest absolute Gasteiger partial charge is 0.493 e. The second-order valence-electron chi connectivity index (χ2n) is 6.09. The van der Waals surface area contributed by atoms with Crippen LogP contribution in [0.5, 0.6) is 17.4 Å². The fraction of sp³-hybridized carbons (Fsp3) is 0.444. The van der Waals surface area contributed by atoms with E-state index < -0.39 is 0 Å². The van der Waals surface area contributed by atoms with Crippen LogP contribution in [0.4, 0.5) is 0 Å². The number of ether oxygens (including phenoxy) is 2. The average molecular weight is 392 g/mol. The number of rotatable bonds is 8. The van der Waals surface area contributed by atoms with Crippen molar-refractivity contribution >= 4 is 16.3 Å². The van der Waals surface area contributed by atoms with Crippen molar-refractivity contribution in [1.29, 1.82) is 0 Å². The zero-order chi connectivity index (χ0) is 19.6. The highest BCUT2D eigenvalue weighted by Crippen LogP contribution is 2.41. The number of methoxy groups -OCH3 is 1. The lowest BCUT2D eigenvalue weighted by Gasteiger charge is -2.27. The summed E-state index contributed by atoms with van der Waals surface area (Å²) in [5, 5.41) is 24.4. The predicted octanol–water partition coefficient (Wildman–Crippen LogP) is 2.23. The number of aliphatic hydroxyl groups is 1. The van der Waals surface area contributed by atoms with Gasteiger partial charge in [0.1, 0.15) is 5.82 Å². The van der Waals surface area contributed by atoms with E-state index in [1.54, 1.807) is 14.0 Å². The summed E-state index contributed by atoms with van der Waals surface area (Å²) in [6, 6.07) is 5.39. The quantitative estimate of drug-likeness (QED) is 0.607. The smallest absolute Gasteiger partial charge is 0.230 e. The molecule has 2 N–H and O–H groups in total. The maximum atomic E-state index is 10.7. The van der Waals surface area contributed by atoms with Gasteiger partial charge < -0.3 is 19.7 Å². The maximum absolute atomic E-state index is 10.7. The fourth-order valence-electron chi connectivity index (χ4n) is 3.05. The topological polar surface area (TPSA) is 92.4 Å². The van der Waals surface area contributed by atoms with Gasteiger partial charge in [0.15, 0.2) is 11.5 Å². The highest BCUT2D eigenvalue weighted by Gasteiger charge is 2.28. The number of aromatic hydroxyl groups is 1. The molecule has 2 aromatic heterocycles. The number of benzene rings is 1. The van der Waals surface area contributed by atoms with Crippen LogP contribution in [-0.2, 0) is 0 Å². The molecule has 3 aromatic rings. The number of thiazole rings is 1. The van der Waals surface area contributed by atoms with Gasteiger partial charge in [-0.05, 0) is 38.6 Å². The number of aromatic nitrogens is 3. The molecule has 1 atom stereocenters. The Morgan fingerprint density at radius 2 is 2.11 bits per heavy atom.